The van der Waals surface area contributed by atoms with E-state index in [2.05, 4.69) is 0 Å². The molecule has 0 saturated carbocycles. The highest BCUT2D eigenvalue weighted by atomic mass is 32.2. The third kappa shape index (κ3) is 4.43. The third-order valence-electron chi connectivity index (χ3n) is 3.80. The lowest BCUT2D eigenvalue weighted by Gasteiger charge is -2.08. The molecule has 25 heavy (non-hydrogen) atoms. The van der Waals surface area contributed by atoms with Crippen LogP contribution in [0.1, 0.15) is 10.4 Å². The van der Waals surface area contributed by atoms with Gasteiger partial charge >= 0.3 is 0 Å². The minimum Gasteiger partial charge on any atom is -0.457 e. The highest BCUT2D eigenvalue weighted by Crippen LogP contribution is 2.23. The number of rotatable bonds is 6. The van der Waals surface area contributed by atoms with E-state index in [0.717, 1.165) is 5.75 Å². The second kappa shape index (κ2) is 7.45. The Kier molecular flexibility index (Phi) is 5.10. The predicted molar refractivity (Wildman–Crippen MR) is 101 cm³/mol. The lowest BCUT2D eigenvalue weighted by Crippen LogP contribution is -2.21. The Hall–Kier alpha value is -2.72. The van der Waals surface area contributed by atoms with Crippen LogP contribution in [0.3, 0.4) is 0 Å². The predicted octanol–water partition coefficient (Wildman–Crippen LogP) is 4.85. The maximum Gasteiger partial charge on any atom is 0.212 e. The summed E-state index contributed by atoms with van der Waals surface area (Å²) in [6.07, 6.45) is 1.63. The van der Waals surface area contributed by atoms with Gasteiger partial charge in [-0.2, -0.15) is 0 Å². The van der Waals surface area contributed by atoms with Gasteiger partial charge < -0.3 is 4.74 Å². The monoisotopic (exact) mass is 351 g/mol. The van der Waals surface area contributed by atoms with Crippen LogP contribution in [0.15, 0.2) is 89.8 Å². The SMILES string of the molecule is C[S+](=O)(CC(=O)c1ccc(Oc2ccccc2)cc1)c1ccccc1. The van der Waals surface area contributed by atoms with Crippen molar-refractivity contribution < 1.29 is 13.7 Å². The molecule has 0 aromatic heterocycles. The van der Waals surface area contributed by atoms with Crippen molar-refractivity contribution in [3.63, 3.8) is 0 Å². The molecule has 0 heterocycles. The number of benzene rings is 3. The summed E-state index contributed by atoms with van der Waals surface area (Å²) in [5, 5.41) is 0. The first-order chi connectivity index (χ1) is 12.0. The minimum atomic E-state index is -2.40. The number of hydrogen-bond acceptors (Lipinski definition) is 3. The van der Waals surface area contributed by atoms with Gasteiger partial charge in [0.05, 0.1) is 0 Å². The molecule has 3 aromatic rings. The molecule has 1 atom stereocenters. The number of para-hydroxylation sites is 1. The van der Waals surface area contributed by atoms with Crippen LogP contribution in [0.5, 0.6) is 11.5 Å². The Balaban J connectivity index is 1.70. The second-order valence-corrected chi connectivity index (χ2v) is 8.60. The van der Waals surface area contributed by atoms with Gasteiger partial charge in [0.15, 0.2) is 10.6 Å². The van der Waals surface area contributed by atoms with Gasteiger partial charge in [0.2, 0.25) is 5.78 Å². The summed E-state index contributed by atoms with van der Waals surface area (Å²) in [5.74, 6) is 1.25. The van der Waals surface area contributed by atoms with Crippen LogP contribution in [0.4, 0.5) is 0 Å². The maximum atomic E-state index is 12.8. The molecule has 0 bridgehead atoms. The first-order valence-corrected chi connectivity index (χ1v) is 10.1. The normalized spacial score (nSPS) is 13.0. The Labute approximate surface area is 148 Å². The fourth-order valence-corrected chi connectivity index (χ4v) is 4.03. The van der Waals surface area contributed by atoms with Gasteiger partial charge in [-0.15, -0.1) is 0 Å². The zero-order valence-electron chi connectivity index (χ0n) is 13.9. The first kappa shape index (κ1) is 17.1. The van der Waals surface area contributed by atoms with Gasteiger partial charge in [-0.3, -0.25) is 4.79 Å². The van der Waals surface area contributed by atoms with Crippen LogP contribution in [0.2, 0.25) is 0 Å². The molecule has 3 aromatic carbocycles. The molecule has 0 aliphatic carbocycles. The average molecular weight is 351 g/mol. The zero-order valence-corrected chi connectivity index (χ0v) is 14.7. The van der Waals surface area contributed by atoms with E-state index in [1.54, 1.807) is 42.7 Å². The molecular formula is C21H19O3S+. The van der Waals surface area contributed by atoms with Gasteiger partial charge in [0.1, 0.15) is 27.7 Å². The van der Waals surface area contributed by atoms with Crippen molar-refractivity contribution in [2.45, 2.75) is 4.90 Å². The molecule has 3 nitrogen and oxygen atoms in total. The minimum absolute atomic E-state index is 0.00407. The number of carbonyl (C=O) groups excluding carboxylic acids is 1. The lowest BCUT2D eigenvalue weighted by atomic mass is 10.1. The average Bonchev–Trinajstić information content (AvgIpc) is 2.63. The number of ether oxygens (including phenoxy) is 1. The second-order valence-electron chi connectivity index (χ2n) is 5.83. The smallest absolute Gasteiger partial charge is 0.212 e. The van der Waals surface area contributed by atoms with Crippen LogP contribution < -0.4 is 4.74 Å². The van der Waals surface area contributed by atoms with E-state index in [0.29, 0.717) is 16.2 Å². The van der Waals surface area contributed by atoms with Crippen molar-refractivity contribution in [1.82, 2.24) is 0 Å². The van der Waals surface area contributed by atoms with Crippen molar-refractivity contribution in [2.24, 2.45) is 0 Å². The molecule has 4 heteroatoms. The molecule has 0 N–H and O–H groups in total. The fourth-order valence-electron chi connectivity index (χ4n) is 2.46. The summed E-state index contributed by atoms with van der Waals surface area (Å²) < 4.78 is 18.5. The van der Waals surface area contributed by atoms with Crippen LogP contribution in [0, 0.1) is 0 Å². The van der Waals surface area contributed by atoms with E-state index in [4.69, 9.17) is 4.74 Å². The van der Waals surface area contributed by atoms with Crippen LogP contribution >= 0.6 is 0 Å². The van der Waals surface area contributed by atoms with Crippen molar-refractivity contribution in [3.8, 4) is 11.5 Å². The molecule has 0 saturated heterocycles. The number of Topliss-reactive ketones (excluding diaryl/α,β-unsaturated/α-hetero) is 1. The first-order valence-electron chi connectivity index (χ1n) is 7.93. The molecule has 0 spiro atoms. The summed E-state index contributed by atoms with van der Waals surface area (Å²) in [4.78, 5) is 13.2. The van der Waals surface area contributed by atoms with Gasteiger partial charge in [0.25, 0.3) is 0 Å². The van der Waals surface area contributed by atoms with E-state index < -0.39 is 9.93 Å². The number of carbonyl (C=O) groups is 1. The molecule has 0 aliphatic heterocycles. The molecule has 3 rings (SSSR count). The van der Waals surface area contributed by atoms with E-state index in [1.165, 1.54) is 0 Å². The largest absolute Gasteiger partial charge is 0.457 e. The van der Waals surface area contributed by atoms with Crippen molar-refractivity contribution in [1.29, 1.82) is 0 Å². The van der Waals surface area contributed by atoms with Crippen molar-refractivity contribution in [2.75, 3.05) is 12.0 Å². The molecule has 0 aliphatic rings. The Morgan fingerprint density at radius 1 is 0.800 bits per heavy atom. The summed E-state index contributed by atoms with van der Waals surface area (Å²) in [7, 11) is -2.40. The number of ketones is 1. The Morgan fingerprint density at radius 3 is 1.92 bits per heavy atom. The van der Waals surface area contributed by atoms with Crippen molar-refractivity contribution >= 4 is 15.7 Å². The molecule has 0 radical (unpaired) electrons. The topological polar surface area (TPSA) is 43.4 Å². The molecule has 0 amide bonds. The summed E-state index contributed by atoms with van der Waals surface area (Å²) in [6.45, 7) is 0. The zero-order chi connectivity index (χ0) is 17.7. The summed E-state index contributed by atoms with van der Waals surface area (Å²) >= 11 is 0. The maximum absolute atomic E-state index is 12.8. The van der Waals surface area contributed by atoms with E-state index in [-0.39, 0.29) is 11.5 Å². The Bertz CT molecular complexity index is 887. The van der Waals surface area contributed by atoms with E-state index >= 15 is 0 Å². The van der Waals surface area contributed by atoms with Crippen LogP contribution in [-0.2, 0) is 14.1 Å². The van der Waals surface area contributed by atoms with E-state index in [9.17, 15) is 9.00 Å². The van der Waals surface area contributed by atoms with E-state index in [1.807, 2.05) is 48.5 Å². The molecule has 1 unspecified atom stereocenters. The molecule has 126 valence electrons. The van der Waals surface area contributed by atoms with Gasteiger partial charge in [-0.25, -0.2) is 0 Å². The molecule has 0 fully saturated rings. The standard InChI is InChI=1S/C21H19O3S/c1-25(23,20-10-6-3-7-11-20)16-21(22)17-12-14-19(15-13-17)24-18-8-4-2-5-9-18/h2-15H,16H2,1H3/q+1. The Morgan fingerprint density at radius 2 is 1.32 bits per heavy atom. The highest BCUT2D eigenvalue weighted by molar-refractivity contribution is 8.03. The van der Waals surface area contributed by atoms with Gasteiger partial charge in [0, 0.05) is 5.56 Å². The van der Waals surface area contributed by atoms with Crippen LogP contribution in [0.25, 0.3) is 0 Å². The fraction of sp³-hybridized carbons (Fsp3) is 0.0952. The highest BCUT2D eigenvalue weighted by Gasteiger charge is 2.29. The lowest BCUT2D eigenvalue weighted by molar-refractivity contribution is 0.102. The van der Waals surface area contributed by atoms with Gasteiger partial charge in [-0.1, -0.05) is 40.6 Å². The summed E-state index contributed by atoms with van der Waals surface area (Å²) in [5.41, 5.74) is 0.533. The quantitative estimate of drug-likeness (QED) is 0.471. The van der Waals surface area contributed by atoms with Crippen LogP contribution in [-0.4, -0.2) is 17.8 Å². The number of hydrogen-bond donors (Lipinski definition) is 0. The third-order valence-corrected chi connectivity index (χ3v) is 5.89. The van der Waals surface area contributed by atoms with Gasteiger partial charge in [-0.05, 0) is 48.5 Å². The van der Waals surface area contributed by atoms with Crippen molar-refractivity contribution in [3.05, 3.63) is 90.5 Å². The summed E-state index contributed by atoms with van der Waals surface area (Å²) in [6, 6.07) is 25.5. The molecular weight excluding hydrogens is 332 g/mol.